The molecular weight excluding hydrogens is 452 g/mol. The summed E-state index contributed by atoms with van der Waals surface area (Å²) in [6.45, 7) is 2.21. The predicted molar refractivity (Wildman–Crippen MR) is 130 cm³/mol. The summed E-state index contributed by atoms with van der Waals surface area (Å²) in [7, 11) is 1.69. The first-order chi connectivity index (χ1) is 16.6. The van der Waals surface area contributed by atoms with E-state index in [0.717, 1.165) is 56.5 Å². The topological polar surface area (TPSA) is 80.5 Å². The van der Waals surface area contributed by atoms with Gasteiger partial charge in [-0.3, -0.25) is 9.69 Å². The average Bonchev–Trinajstić information content (AvgIpc) is 3.32. The number of benzene rings is 2. The zero-order valence-electron chi connectivity index (χ0n) is 19.3. The molecule has 2 aromatic carbocycles. The molecule has 1 unspecified atom stereocenters. The van der Waals surface area contributed by atoms with Crippen LogP contribution < -0.4 is 10.1 Å². The Kier molecular flexibility index (Phi) is 6.83. The number of fused-ring (bicyclic) bond motifs is 1. The van der Waals surface area contributed by atoms with Crippen molar-refractivity contribution in [3.8, 4) is 17.1 Å². The molecule has 2 heterocycles. The Bertz CT molecular complexity index is 1160. The molecule has 0 radical (unpaired) electrons. The second kappa shape index (κ2) is 10.2. The number of halogens is 1. The highest BCUT2D eigenvalue weighted by atomic mass is 35.5. The lowest BCUT2D eigenvalue weighted by Crippen LogP contribution is -2.41. The Morgan fingerprint density at radius 3 is 2.82 bits per heavy atom. The molecule has 0 spiro atoms. The van der Waals surface area contributed by atoms with Crippen molar-refractivity contribution in [2.24, 2.45) is 5.92 Å². The van der Waals surface area contributed by atoms with Crippen LogP contribution >= 0.6 is 11.6 Å². The van der Waals surface area contributed by atoms with Crippen LogP contribution in [0, 0.1) is 5.92 Å². The van der Waals surface area contributed by atoms with Crippen LogP contribution in [0.2, 0.25) is 5.02 Å². The summed E-state index contributed by atoms with van der Waals surface area (Å²) in [5, 5.41) is 8.00. The minimum absolute atomic E-state index is 0.0289. The van der Waals surface area contributed by atoms with Gasteiger partial charge in [-0.05, 0) is 80.6 Å². The number of hydrogen-bond donors (Lipinski definition) is 1. The number of methoxy groups -OCH3 is 1. The molecule has 8 heteroatoms. The Morgan fingerprint density at radius 1 is 1.21 bits per heavy atom. The molecule has 1 aliphatic heterocycles. The molecule has 2 aliphatic rings. The summed E-state index contributed by atoms with van der Waals surface area (Å²) >= 11 is 6.24. The van der Waals surface area contributed by atoms with E-state index in [1.165, 1.54) is 11.1 Å². The standard InChI is InChI=1S/C26H29ClN4O3/c1-33-19-9-10-20-18(15-19)5-4-8-23(20)28-26(32)17-11-13-31(14-12-17)16-24-29-25(30-34-24)21-6-2-3-7-22(21)27/h2-3,6-7,9-10,15,17,23H,4-5,8,11-14,16H2,1H3,(H,28,32). The van der Waals surface area contributed by atoms with Crippen LogP contribution in [0.4, 0.5) is 0 Å². The number of hydrogen-bond acceptors (Lipinski definition) is 6. The number of nitrogens with zero attached hydrogens (tertiary/aromatic N) is 3. The summed E-state index contributed by atoms with van der Waals surface area (Å²) in [6, 6.07) is 13.7. The number of piperidine rings is 1. The average molecular weight is 481 g/mol. The molecule has 1 aliphatic carbocycles. The molecule has 1 atom stereocenters. The summed E-state index contributed by atoms with van der Waals surface area (Å²) < 4.78 is 10.8. The van der Waals surface area contributed by atoms with E-state index in [1.54, 1.807) is 7.11 Å². The van der Waals surface area contributed by atoms with Crippen molar-refractivity contribution in [1.29, 1.82) is 0 Å². The second-order valence-electron chi connectivity index (χ2n) is 9.06. The molecule has 1 aromatic heterocycles. The quantitative estimate of drug-likeness (QED) is 0.545. The predicted octanol–water partition coefficient (Wildman–Crippen LogP) is 4.80. The Balaban J connectivity index is 1.14. The third-order valence-electron chi connectivity index (χ3n) is 6.88. The minimum atomic E-state index is 0.0289. The molecule has 1 amide bonds. The molecular formula is C26H29ClN4O3. The maximum absolute atomic E-state index is 13.0. The Hall–Kier alpha value is -2.90. The van der Waals surface area contributed by atoms with Gasteiger partial charge in [-0.15, -0.1) is 0 Å². The normalized spacial score (nSPS) is 18.9. The summed E-state index contributed by atoms with van der Waals surface area (Å²) in [4.78, 5) is 19.8. The van der Waals surface area contributed by atoms with E-state index >= 15 is 0 Å². The second-order valence-corrected chi connectivity index (χ2v) is 9.47. The zero-order valence-corrected chi connectivity index (χ0v) is 20.1. The van der Waals surface area contributed by atoms with Crippen molar-refractivity contribution in [2.45, 2.75) is 44.7 Å². The smallest absolute Gasteiger partial charge is 0.241 e. The SMILES string of the molecule is COc1ccc2c(c1)CCCC2NC(=O)C1CCN(Cc2nc(-c3ccccc3Cl)no2)CC1. The first kappa shape index (κ1) is 22.9. The fraction of sp³-hybridized carbons (Fsp3) is 0.423. The molecule has 1 N–H and O–H groups in total. The van der Waals surface area contributed by atoms with Gasteiger partial charge in [0.25, 0.3) is 0 Å². The third-order valence-corrected chi connectivity index (χ3v) is 7.21. The van der Waals surface area contributed by atoms with Crippen LogP contribution in [0.25, 0.3) is 11.4 Å². The first-order valence-corrected chi connectivity index (χ1v) is 12.3. The maximum atomic E-state index is 13.0. The van der Waals surface area contributed by atoms with Crippen LogP contribution in [0.15, 0.2) is 47.0 Å². The van der Waals surface area contributed by atoms with Crippen molar-refractivity contribution in [3.63, 3.8) is 0 Å². The molecule has 1 saturated heterocycles. The zero-order chi connectivity index (χ0) is 23.5. The van der Waals surface area contributed by atoms with Gasteiger partial charge in [0.2, 0.25) is 17.6 Å². The van der Waals surface area contributed by atoms with Crippen molar-refractivity contribution >= 4 is 17.5 Å². The van der Waals surface area contributed by atoms with Crippen LogP contribution in [0.5, 0.6) is 5.75 Å². The van der Waals surface area contributed by atoms with Gasteiger partial charge in [0.05, 0.1) is 24.7 Å². The van der Waals surface area contributed by atoms with E-state index in [2.05, 4.69) is 32.5 Å². The van der Waals surface area contributed by atoms with E-state index in [9.17, 15) is 4.79 Å². The van der Waals surface area contributed by atoms with Crippen molar-refractivity contribution in [3.05, 3.63) is 64.5 Å². The number of rotatable bonds is 6. The molecule has 0 bridgehead atoms. The Labute approximate surface area is 204 Å². The number of carbonyl (C=O) groups excluding carboxylic acids is 1. The summed E-state index contributed by atoms with van der Waals surface area (Å²) in [5.74, 6) is 2.12. The number of aryl methyl sites for hydroxylation is 1. The van der Waals surface area contributed by atoms with E-state index in [0.29, 0.717) is 23.3 Å². The molecule has 1 fully saturated rings. The highest BCUT2D eigenvalue weighted by Gasteiger charge is 2.29. The first-order valence-electron chi connectivity index (χ1n) is 11.9. The maximum Gasteiger partial charge on any atom is 0.241 e. The van der Waals surface area contributed by atoms with E-state index in [-0.39, 0.29) is 17.9 Å². The van der Waals surface area contributed by atoms with E-state index in [4.69, 9.17) is 20.9 Å². The van der Waals surface area contributed by atoms with Gasteiger partial charge in [-0.2, -0.15) is 4.98 Å². The summed E-state index contributed by atoms with van der Waals surface area (Å²) in [6.07, 6.45) is 4.73. The highest BCUT2D eigenvalue weighted by Crippen LogP contribution is 2.33. The van der Waals surface area contributed by atoms with Gasteiger partial charge in [0.15, 0.2) is 0 Å². The fourth-order valence-corrected chi connectivity index (χ4v) is 5.19. The van der Waals surface area contributed by atoms with Gasteiger partial charge in [-0.1, -0.05) is 35.0 Å². The highest BCUT2D eigenvalue weighted by molar-refractivity contribution is 6.33. The van der Waals surface area contributed by atoms with Crippen molar-refractivity contribution in [1.82, 2.24) is 20.4 Å². The monoisotopic (exact) mass is 480 g/mol. The molecule has 0 saturated carbocycles. The van der Waals surface area contributed by atoms with Gasteiger partial charge in [-0.25, -0.2) is 0 Å². The lowest BCUT2D eigenvalue weighted by molar-refractivity contribution is -0.127. The van der Waals surface area contributed by atoms with Crippen LogP contribution in [-0.2, 0) is 17.8 Å². The minimum Gasteiger partial charge on any atom is -0.497 e. The number of aromatic nitrogens is 2. The van der Waals surface area contributed by atoms with Crippen molar-refractivity contribution in [2.75, 3.05) is 20.2 Å². The van der Waals surface area contributed by atoms with Crippen LogP contribution in [-0.4, -0.2) is 41.1 Å². The van der Waals surface area contributed by atoms with Crippen molar-refractivity contribution < 1.29 is 14.1 Å². The lowest BCUT2D eigenvalue weighted by atomic mass is 9.86. The molecule has 34 heavy (non-hydrogen) atoms. The number of nitrogens with one attached hydrogen (secondary N) is 1. The molecule has 178 valence electrons. The van der Waals surface area contributed by atoms with Gasteiger partial charge >= 0.3 is 0 Å². The van der Waals surface area contributed by atoms with Gasteiger partial charge < -0.3 is 14.6 Å². The Morgan fingerprint density at radius 2 is 2.03 bits per heavy atom. The van der Waals surface area contributed by atoms with E-state index in [1.807, 2.05) is 30.3 Å². The largest absolute Gasteiger partial charge is 0.497 e. The third kappa shape index (κ3) is 4.95. The molecule has 5 rings (SSSR count). The number of ether oxygens (including phenoxy) is 1. The fourth-order valence-electron chi connectivity index (χ4n) is 4.97. The number of amides is 1. The van der Waals surface area contributed by atoms with Gasteiger partial charge in [0.1, 0.15) is 5.75 Å². The van der Waals surface area contributed by atoms with Crippen LogP contribution in [0.1, 0.15) is 48.7 Å². The summed E-state index contributed by atoms with van der Waals surface area (Å²) in [5.41, 5.74) is 3.27. The molecule has 3 aromatic rings. The number of carbonyl (C=O) groups is 1. The van der Waals surface area contributed by atoms with E-state index < -0.39 is 0 Å². The van der Waals surface area contributed by atoms with Gasteiger partial charge in [0, 0.05) is 11.5 Å². The number of likely N-dealkylation sites (tertiary alicyclic amines) is 1. The lowest BCUT2D eigenvalue weighted by Gasteiger charge is -2.32. The van der Waals surface area contributed by atoms with Crippen LogP contribution in [0.3, 0.4) is 0 Å². The molecule has 7 nitrogen and oxygen atoms in total.